The summed E-state index contributed by atoms with van der Waals surface area (Å²) in [6, 6.07) is 4.32. The second kappa shape index (κ2) is 9.44. The first kappa shape index (κ1) is 16.6. The quantitative estimate of drug-likeness (QED) is 0.488. The first-order valence-electron chi connectivity index (χ1n) is 6.87. The lowest BCUT2D eigenvalue weighted by molar-refractivity contribution is 0.112. The van der Waals surface area contributed by atoms with Gasteiger partial charge in [-0.2, -0.15) is 0 Å². The van der Waals surface area contributed by atoms with Gasteiger partial charge in [0.25, 0.3) is 0 Å². The lowest BCUT2D eigenvalue weighted by Crippen LogP contribution is -2.31. The third-order valence-electron chi connectivity index (χ3n) is 2.83. The Kier molecular flexibility index (Phi) is 7.84. The predicted octanol–water partition coefficient (Wildman–Crippen LogP) is 2.52. The number of carbonyl (C=O) groups is 1. The molecule has 20 heavy (non-hydrogen) atoms. The number of hydrogen-bond donors (Lipinski definition) is 0. The summed E-state index contributed by atoms with van der Waals surface area (Å²) in [7, 11) is 0. The largest absolute Gasteiger partial charge is 0.380 e. The summed E-state index contributed by atoms with van der Waals surface area (Å²) in [5.74, 6) is -0.414. The second-order valence-electron chi connectivity index (χ2n) is 4.24. The van der Waals surface area contributed by atoms with E-state index in [0.717, 1.165) is 0 Å². The summed E-state index contributed by atoms with van der Waals surface area (Å²) in [5.41, 5.74) is 1.00. The number of ether oxygens (including phenoxy) is 2. The van der Waals surface area contributed by atoms with E-state index in [-0.39, 0.29) is 0 Å². The van der Waals surface area contributed by atoms with Gasteiger partial charge in [0.05, 0.1) is 13.2 Å². The molecule has 0 N–H and O–H groups in total. The minimum atomic E-state index is -0.414. The molecule has 0 saturated heterocycles. The molecular weight excluding hydrogens is 261 g/mol. The summed E-state index contributed by atoms with van der Waals surface area (Å²) in [4.78, 5) is 12.8. The van der Waals surface area contributed by atoms with Gasteiger partial charge in [0, 0.05) is 37.6 Å². The van der Waals surface area contributed by atoms with Crippen LogP contribution in [0.1, 0.15) is 24.2 Å². The Balaban J connectivity index is 2.78. The minimum absolute atomic E-state index is 0.331. The van der Waals surface area contributed by atoms with Crippen LogP contribution in [0, 0.1) is 5.82 Å². The van der Waals surface area contributed by atoms with Gasteiger partial charge < -0.3 is 14.4 Å². The van der Waals surface area contributed by atoms with Crippen molar-refractivity contribution >= 4 is 12.0 Å². The number of rotatable bonds is 10. The predicted molar refractivity (Wildman–Crippen MR) is 77.0 cm³/mol. The second-order valence-corrected chi connectivity index (χ2v) is 4.24. The fourth-order valence-electron chi connectivity index (χ4n) is 1.86. The Morgan fingerprint density at radius 2 is 1.70 bits per heavy atom. The molecular formula is C15H22FNO3. The molecule has 0 amide bonds. The van der Waals surface area contributed by atoms with Gasteiger partial charge in [0.1, 0.15) is 12.1 Å². The van der Waals surface area contributed by atoms with Gasteiger partial charge in [-0.05, 0) is 32.0 Å². The van der Waals surface area contributed by atoms with E-state index in [1.807, 2.05) is 18.7 Å². The van der Waals surface area contributed by atoms with Crippen LogP contribution in [0.5, 0.6) is 0 Å². The normalized spacial score (nSPS) is 10.6. The number of aldehydes is 1. The molecule has 0 fully saturated rings. The number of benzene rings is 1. The Hall–Kier alpha value is -1.46. The van der Waals surface area contributed by atoms with Crippen LogP contribution in [-0.2, 0) is 9.47 Å². The van der Waals surface area contributed by atoms with Crippen molar-refractivity contribution in [3.8, 4) is 0 Å². The highest BCUT2D eigenvalue weighted by Gasteiger charge is 2.09. The minimum Gasteiger partial charge on any atom is -0.380 e. The lowest BCUT2D eigenvalue weighted by atomic mass is 10.2. The summed E-state index contributed by atoms with van der Waals surface area (Å²) in [6.45, 7) is 7.49. The molecule has 0 radical (unpaired) electrons. The van der Waals surface area contributed by atoms with Crippen molar-refractivity contribution in [2.75, 3.05) is 44.4 Å². The molecule has 0 spiro atoms. The third kappa shape index (κ3) is 5.67. The zero-order valence-corrected chi connectivity index (χ0v) is 12.1. The fourth-order valence-corrected chi connectivity index (χ4v) is 1.86. The number of hydrogen-bond acceptors (Lipinski definition) is 4. The topological polar surface area (TPSA) is 38.8 Å². The van der Waals surface area contributed by atoms with Crippen LogP contribution in [0.25, 0.3) is 0 Å². The van der Waals surface area contributed by atoms with Gasteiger partial charge in [-0.3, -0.25) is 4.79 Å². The summed E-state index contributed by atoms with van der Waals surface area (Å²) in [5, 5.41) is 0. The molecule has 0 bridgehead atoms. The number of nitrogens with zero attached hydrogens (tertiary/aromatic N) is 1. The smallest absolute Gasteiger partial charge is 0.150 e. The van der Waals surface area contributed by atoms with Gasteiger partial charge in [-0.1, -0.05) is 0 Å². The first-order chi connectivity index (χ1) is 9.71. The molecule has 4 nitrogen and oxygen atoms in total. The number of halogens is 1. The van der Waals surface area contributed by atoms with Crippen LogP contribution in [0.3, 0.4) is 0 Å². The molecule has 0 aliphatic rings. The molecule has 1 aromatic carbocycles. The maximum absolute atomic E-state index is 13.5. The lowest BCUT2D eigenvalue weighted by Gasteiger charge is -2.25. The van der Waals surface area contributed by atoms with Gasteiger partial charge in [-0.25, -0.2) is 4.39 Å². The molecule has 0 heterocycles. The Morgan fingerprint density at radius 1 is 1.10 bits per heavy atom. The molecule has 1 rings (SSSR count). The van der Waals surface area contributed by atoms with Crippen molar-refractivity contribution in [2.45, 2.75) is 13.8 Å². The SMILES string of the molecule is CCOCCN(CCOCC)c1cc(F)cc(C=O)c1. The van der Waals surface area contributed by atoms with E-state index in [2.05, 4.69) is 0 Å². The van der Waals surface area contributed by atoms with E-state index in [9.17, 15) is 9.18 Å². The molecule has 0 aliphatic heterocycles. The van der Waals surface area contributed by atoms with E-state index in [4.69, 9.17) is 9.47 Å². The molecule has 0 aliphatic carbocycles. The van der Waals surface area contributed by atoms with Gasteiger partial charge in [-0.15, -0.1) is 0 Å². The van der Waals surface area contributed by atoms with Crippen molar-refractivity contribution in [3.63, 3.8) is 0 Å². The van der Waals surface area contributed by atoms with Crippen molar-refractivity contribution in [2.24, 2.45) is 0 Å². The average Bonchev–Trinajstić information content (AvgIpc) is 2.45. The third-order valence-corrected chi connectivity index (χ3v) is 2.83. The fraction of sp³-hybridized carbons (Fsp3) is 0.533. The van der Waals surface area contributed by atoms with Crippen LogP contribution in [0.15, 0.2) is 18.2 Å². The van der Waals surface area contributed by atoms with E-state index in [1.165, 1.54) is 12.1 Å². The molecule has 0 aromatic heterocycles. The zero-order chi connectivity index (χ0) is 14.8. The maximum Gasteiger partial charge on any atom is 0.150 e. The summed E-state index contributed by atoms with van der Waals surface area (Å²) < 4.78 is 24.2. The Bertz CT molecular complexity index is 402. The van der Waals surface area contributed by atoms with Crippen molar-refractivity contribution in [1.29, 1.82) is 0 Å². The average molecular weight is 283 g/mol. The van der Waals surface area contributed by atoms with Crippen molar-refractivity contribution in [1.82, 2.24) is 0 Å². The van der Waals surface area contributed by atoms with Gasteiger partial charge in [0.15, 0.2) is 0 Å². The standard InChI is InChI=1S/C15H22FNO3/c1-3-19-7-5-17(6-8-20-4-2)15-10-13(12-18)9-14(16)11-15/h9-12H,3-8H2,1-2H3. The Labute approximate surface area is 119 Å². The molecule has 1 aromatic rings. The maximum atomic E-state index is 13.5. The highest BCUT2D eigenvalue weighted by Crippen LogP contribution is 2.18. The molecule has 5 heteroatoms. The number of anilines is 1. The van der Waals surface area contributed by atoms with E-state index in [0.29, 0.717) is 57.1 Å². The van der Waals surface area contributed by atoms with Crippen LogP contribution < -0.4 is 4.90 Å². The highest BCUT2D eigenvalue weighted by molar-refractivity contribution is 5.77. The van der Waals surface area contributed by atoms with Gasteiger partial charge in [0.2, 0.25) is 0 Å². The number of carbonyl (C=O) groups excluding carboxylic acids is 1. The van der Waals surface area contributed by atoms with Gasteiger partial charge >= 0.3 is 0 Å². The molecule has 112 valence electrons. The molecule has 0 atom stereocenters. The van der Waals surface area contributed by atoms with Crippen LogP contribution >= 0.6 is 0 Å². The monoisotopic (exact) mass is 283 g/mol. The van der Waals surface area contributed by atoms with Crippen molar-refractivity contribution < 1.29 is 18.7 Å². The van der Waals surface area contributed by atoms with E-state index < -0.39 is 5.82 Å². The Morgan fingerprint density at radius 3 is 2.20 bits per heavy atom. The highest BCUT2D eigenvalue weighted by atomic mass is 19.1. The molecule has 0 unspecified atom stereocenters. The zero-order valence-electron chi connectivity index (χ0n) is 12.1. The summed E-state index contributed by atoms with van der Waals surface area (Å²) in [6.07, 6.45) is 0.649. The van der Waals surface area contributed by atoms with Crippen LogP contribution in [0.4, 0.5) is 10.1 Å². The first-order valence-corrected chi connectivity index (χ1v) is 6.87. The summed E-state index contributed by atoms with van der Waals surface area (Å²) >= 11 is 0. The van der Waals surface area contributed by atoms with E-state index in [1.54, 1.807) is 6.07 Å². The molecule has 0 saturated carbocycles. The van der Waals surface area contributed by atoms with E-state index >= 15 is 0 Å². The van der Waals surface area contributed by atoms with Crippen LogP contribution in [0.2, 0.25) is 0 Å². The van der Waals surface area contributed by atoms with Crippen molar-refractivity contribution in [3.05, 3.63) is 29.6 Å². The van der Waals surface area contributed by atoms with Crippen LogP contribution in [-0.4, -0.2) is 45.8 Å².